The van der Waals surface area contributed by atoms with Crippen LogP contribution in [0.4, 0.5) is 4.39 Å². The van der Waals surface area contributed by atoms with Gasteiger partial charge in [0.2, 0.25) is 0 Å². The van der Waals surface area contributed by atoms with Gasteiger partial charge in [-0.15, -0.1) is 0 Å². The second kappa shape index (κ2) is 4.70. The molecule has 1 atom stereocenters. The fourth-order valence-electron chi connectivity index (χ4n) is 1.90. The maximum Gasteiger partial charge on any atom is 0.165 e. The molecule has 3 heteroatoms. The Bertz CT molecular complexity index is 544. The third-order valence-electron chi connectivity index (χ3n) is 3.17. The number of hydrogen-bond acceptors (Lipinski definition) is 1. The summed E-state index contributed by atoms with van der Waals surface area (Å²) in [6.07, 6.45) is 3.21. The summed E-state index contributed by atoms with van der Waals surface area (Å²) in [5, 5.41) is 0.805. The first-order chi connectivity index (χ1) is 8.11. The van der Waals surface area contributed by atoms with Crippen molar-refractivity contribution < 1.29 is 9.18 Å². The smallest absolute Gasteiger partial charge is 0.165 e. The molecule has 1 heterocycles. The quantitative estimate of drug-likeness (QED) is 0.797. The van der Waals surface area contributed by atoms with E-state index in [1.807, 2.05) is 0 Å². The molecule has 2 nitrogen and oxygen atoms in total. The van der Waals surface area contributed by atoms with E-state index < -0.39 is 0 Å². The lowest BCUT2D eigenvalue weighted by Gasteiger charge is -2.06. The van der Waals surface area contributed by atoms with Gasteiger partial charge in [0.1, 0.15) is 5.82 Å². The average molecular weight is 233 g/mol. The Hall–Kier alpha value is -1.64. The van der Waals surface area contributed by atoms with Crippen molar-refractivity contribution in [3.63, 3.8) is 0 Å². The van der Waals surface area contributed by atoms with Gasteiger partial charge in [-0.2, -0.15) is 0 Å². The van der Waals surface area contributed by atoms with E-state index in [1.54, 1.807) is 12.3 Å². The lowest BCUT2D eigenvalue weighted by molar-refractivity contribution is 0.0965. The van der Waals surface area contributed by atoms with Crippen LogP contribution in [-0.4, -0.2) is 10.8 Å². The van der Waals surface area contributed by atoms with Crippen LogP contribution in [0.5, 0.6) is 0 Å². The normalized spacial score (nSPS) is 12.9. The van der Waals surface area contributed by atoms with Crippen molar-refractivity contribution in [1.82, 2.24) is 4.98 Å². The molecule has 90 valence electrons. The fraction of sp³-hybridized carbons (Fsp3) is 0.357. The van der Waals surface area contributed by atoms with E-state index >= 15 is 0 Å². The van der Waals surface area contributed by atoms with Crippen LogP contribution < -0.4 is 0 Å². The van der Waals surface area contributed by atoms with Gasteiger partial charge in [0, 0.05) is 29.1 Å². The predicted octanol–water partition coefficient (Wildman–Crippen LogP) is 3.93. The Morgan fingerprint density at radius 1 is 1.47 bits per heavy atom. The number of hydrogen-bond donors (Lipinski definition) is 1. The maximum atomic E-state index is 13.0. The number of carbonyl (C=O) groups is 1. The van der Waals surface area contributed by atoms with Gasteiger partial charge in [0.15, 0.2) is 5.78 Å². The van der Waals surface area contributed by atoms with Gasteiger partial charge in [-0.25, -0.2) is 4.39 Å². The van der Waals surface area contributed by atoms with E-state index in [0.29, 0.717) is 23.4 Å². The lowest BCUT2D eigenvalue weighted by atomic mass is 9.97. The highest BCUT2D eigenvalue weighted by molar-refractivity contribution is 6.07. The third kappa shape index (κ3) is 2.38. The Balaban J connectivity index is 2.33. The van der Waals surface area contributed by atoms with Crippen molar-refractivity contribution in [2.75, 3.05) is 0 Å². The van der Waals surface area contributed by atoms with Crippen LogP contribution in [0.25, 0.3) is 10.9 Å². The molecule has 0 spiro atoms. The zero-order valence-corrected chi connectivity index (χ0v) is 10.1. The molecule has 0 fully saturated rings. The Kier molecular flexibility index (Phi) is 3.27. The molecule has 1 aromatic heterocycles. The number of Topliss-reactive ketones (excluding diaryl/α,β-unsaturated/α-hetero) is 1. The summed E-state index contributed by atoms with van der Waals surface area (Å²) in [4.78, 5) is 15.0. The number of fused-ring (bicyclic) bond motifs is 1. The minimum atomic E-state index is -0.291. The standard InChI is InChI=1S/C14H16FNO/c1-3-9(2)6-14(17)12-8-16-13-7-10(15)4-5-11(12)13/h4-5,7-9,16H,3,6H2,1-2H3. The average Bonchev–Trinajstić information content (AvgIpc) is 2.71. The molecule has 17 heavy (non-hydrogen) atoms. The monoisotopic (exact) mass is 233 g/mol. The first-order valence-electron chi connectivity index (χ1n) is 5.91. The fourth-order valence-corrected chi connectivity index (χ4v) is 1.90. The number of aromatic nitrogens is 1. The second-order valence-electron chi connectivity index (χ2n) is 4.53. The highest BCUT2D eigenvalue weighted by Gasteiger charge is 2.14. The minimum Gasteiger partial charge on any atom is -0.360 e. The van der Waals surface area contributed by atoms with Gasteiger partial charge in [-0.05, 0) is 24.1 Å². The predicted molar refractivity (Wildman–Crippen MR) is 66.7 cm³/mol. The summed E-state index contributed by atoms with van der Waals surface area (Å²) in [6, 6.07) is 4.45. The summed E-state index contributed by atoms with van der Waals surface area (Å²) in [7, 11) is 0. The van der Waals surface area contributed by atoms with E-state index in [4.69, 9.17) is 0 Å². The Morgan fingerprint density at radius 3 is 2.94 bits per heavy atom. The summed E-state index contributed by atoms with van der Waals surface area (Å²) in [5.41, 5.74) is 1.35. The SMILES string of the molecule is CCC(C)CC(=O)c1c[nH]c2cc(F)ccc12. The molecule has 1 aromatic carbocycles. The molecule has 1 N–H and O–H groups in total. The third-order valence-corrected chi connectivity index (χ3v) is 3.17. The molecule has 0 radical (unpaired) electrons. The molecule has 0 saturated carbocycles. The summed E-state index contributed by atoms with van der Waals surface area (Å²) in [6.45, 7) is 4.13. The van der Waals surface area contributed by atoms with Crippen LogP contribution in [0.1, 0.15) is 37.0 Å². The van der Waals surface area contributed by atoms with Crippen LogP contribution in [0, 0.1) is 11.7 Å². The van der Waals surface area contributed by atoms with Crippen molar-refractivity contribution in [2.24, 2.45) is 5.92 Å². The minimum absolute atomic E-state index is 0.122. The zero-order chi connectivity index (χ0) is 12.4. The van der Waals surface area contributed by atoms with Crippen LogP contribution in [0.3, 0.4) is 0 Å². The Labute approximate surface area is 99.8 Å². The number of H-pyrrole nitrogens is 1. The molecule has 0 aliphatic heterocycles. The van der Waals surface area contributed by atoms with Crippen molar-refractivity contribution in [2.45, 2.75) is 26.7 Å². The number of rotatable bonds is 4. The number of ketones is 1. The number of carbonyl (C=O) groups excluding carboxylic acids is 1. The molecule has 0 saturated heterocycles. The Morgan fingerprint density at radius 2 is 2.24 bits per heavy atom. The number of aromatic amines is 1. The van der Waals surface area contributed by atoms with Gasteiger partial charge in [-0.1, -0.05) is 20.3 Å². The number of nitrogens with one attached hydrogen (secondary N) is 1. The highest BCUT2D eigenvalue weighted by atomic mass is 19.1. The number of halogens is 1. The van der Waals surface area contributed by atoms with E-state index in [9.17, 15) is 9.18 Å². The van der Waals surface area contributed by atoms with Gasteiger partial charge in [-0.3, -0.25) is 4.79 Å². The molecule has 1 unspecified atom stereocenters. The topological polar surface area (TPSA) is 32.9 Å². The van der Waals surface area contributed by atoms with Gasteiger partial charge < -0.3 is 4.98 Å². The lowest BCUT2D eigenvalue weighted by Crippen LogP contribution is -2.04. The van der Waals surface area contributed by atoms with Crippen molar-refractivity contribution in [1.29, 1.82) is 0 Å². The summed E-state index contributed by atoms with van der Waals surface area (Å²) < 4.78 is 13.0. The van der Waals surface area contributed by atoms with Gasteiger partial charge in [0.05, 0.1) is 0 Å². The zero-order valence-electron chi connectivity index (χ0n) is 10.1. The van der Waals surface area contributed by atoms with Crippen LogP contribution in [-0.2, 0) is 0 Å². The van der Waals surface area contributed by atoms with Gasteiger partial charge in [0.25, 0.3) is 0 Å². The molecule has 0 aliphatic carbocycles. The molecule has 0 bridgehead atoms. The first-order valence-corrected chi connectivity index (χ1v) is 5.91. The van der Waals surface area contributed by atoms with Gasteiger partial charge >= 0.3 is 0 Å². The molecule has 0 aliphatic rings. The van der Waals surface area contributed by atoms with Crippen molar-refractivity contribution in [3.8, 4) is 0 Å². The van der Waals surface area contributed by atoms with E-state index in [0.717, 1.165) is 11.8 Å². The largest absolute Gasteiger partial charge is 0.360 e. The van der Waals surface area contributed by atoms with Crippen LogP contribution in [0.15, 0.2) is 24.4 Å². The summed E-state index contributed by atoms with van der Waals surface area (Å²) >= 11 is 0. The van der Waals surface area contributed by atoms with E-state index in [1.165, 1.54) is 12.1 Å². The number of benzene rings is 1. The van der Waals surface area contributed by atoms with Crippen molar-refractivity contribution in [3.05, 3.63) is 35.8 Å². The first kappa shape index (κ1) is 11.8. The second-order valence-corrected chi connectivity index (χ2v) is 4.53. The molecular formula is C14H16FNO. The van der Waals surface area contributed by atoms with Crippen LogP contribution in [0.2, 0.25) is 0 Å². The van der Waals surface area contributed by atoms with E-state index in [2.05, 4.69) is 18.8 Å². The van der Waals surface area contributed by atoms with E-state index in [-0.39, 0.29) is 11.6 Å². The maximum absolute atomic E-state index is 13.0. The molecule has 2 aromatic rings. The van der Waals surface area contributed by atoms with Crippen LogP contribution >= 0.6 is 0 Å². The van der Waals surface area contributed by atoms with Crippen molar-refractivity contribution >= 4 is 16.7 Å². The molecular weight excluding hydrogens is 217 g/mol. The molecule has 0 amide bonds. The summed E-state index contributed by atoms with van der Waals surface area (Å²) in [5.74, 6) is 0.213. The molecule has 2 rings (SSSR count). The highest BCUT2D eigenvalue weighted by Crippen LogP contribution is 2.22.